The van der Waals surface area contributed by atoms with Gasteiger partial charge in [-0.2, -0.15) is 13.2 Å². The number of halogens is 4. The summed E-state index contributed by atoms with van der Waals surface area (Å²) in [4.78, 5) is 16.4. The van der Waals surface area contributed by atoms with Crippen molar-refractivity contribution in [2.75, 3.05) is 18.1 Å². The van der Waals surface area contributed by atoms with Crippen LogP contribution in [0.4, 0.5) is 17.6 Å². The van der Waals surface area contributed by atoms with E-state index in [0.717, 1.165) is 6.07 Å². The summed E-state index contributed by atoms with van der Waals surface area (Å²) in [6.45, 7) is 3.78. The maximum atomic E-state index is 14.5. The molecule has 1 fully saturated rings. The van der Waals surface area contributed by atoms with Gasteiger partial charge < -0.3 is 15.4 Å². The molecule has 0 spiro atoms. The molecule has 3 N–H and O–H groups in total. The number of allylic oxidation sites excluding steroid dienone is 2. The highest BCUT2D eigenvalue weighted by molar-refractivity contribution is 7.93. The highest BCUT2D eigenvalue weighted by Gasteiger charge is 2.46. The summed E-state index contributed by atoms with van der Waals surface area (Å²) in [5.41, 5.74) is -0.319. The maximum absolute atomic E-state index is 14.5. The van der Waals surface area contributed by atoms with Gasteiger partial charge in [-0.15, -0.1) is 0 Å². The first-order chi connectivity index (χ1) is 16.1. The first-order valence-electron chi connectivity index (χ1n) is 11.0. The van der Waals surface area contributed by atoms with E-state index in [-0.39, 0.29) is 47.6 Å². The average molecular weight is 521 g/mol. The molecule has 8 nitrogen and oxygen atoms in total. The van der Waals surface area contributed by atoms with Crippen LogP contribution in [0.3, 0.4) is 0 Å². The molecule has 0 radical (unpaired) electrons. The fourth-order valence-corrected chi connectivity index (χ4v) is 6.35. The Bertz CT molecular complexity index is 1140. The van der Waals surface area contributed by atoms with Crippen LogP contribution < -0.4 is 15.4 Å². The predicted octanol–water partition coefficient (Wildman–Crippen LogP) is 2.89. The number of nitrogens with zero attached hydrogens (tertiary/aromatic N) is 1. The van der Waals surface area contributed by atoms with Crippen molar-refractivity contribution in [3.05, 3.63) is 34.9 Å². The van der Waals surface area contributed by atoms with Crippen LogP contribution in [0.2, 0.25) is 0 Å². The van der Waals surface area contributed by atoms with Crippen molar-refractivity contribution in [3.63, 3.8) is 0 Å². The maximum Gasteiger partial charge on any atom is 0.422 e. The number of hydrogen-bond acceptors (Lipinski definition) is 7. The minimum Gasteiger partial charge on any atom is -0.468 e. The molecule has 0 bridgehead atoms. The standard InChI is InChI=1S/C22H28F4N4O4S/c1-12(2)29-17-6-13(20(31)30-21(3)10-35(32,33)11-21)4-5-14(17)19(27)15-7-18(28-8-16(15)23)34-9-22(24,25)26/h7-8,12-13,27,29H,4-6,9-11H2,1-3H3,(H,30,31)/t13-/m1/s1. The number of carbonyl (C=O) groups excluding carboxylic acids is 1. The lowest BCUT2D eigenvalue weighted by Crippen LogP contribution is -2.64. The second-order valence-electron chi connectivity index (χ2n) is 9.56. The molecule has 0 saturated carbocycles. The van der Waals surface area contributed by atoms with Gasteiger partial charge in [-0.25, -0.2) is 17.8 Å². The third-order valence-corrected chi connectivity index (χ3v) is 7.83. The number of ether oxygens (including phenoxy) is 1. The molecule has 1 aliphatic carbocycles. The van der Waals surface area contributed by atoms with Gasteiger partial charge in [0, 0.05) is 29.3 Å². The summed E-state index contributed by atoms with van der Waals surface area (Å²) in [7, 11) is -3.14. The zero-order chi connectivity index (χ0) is 26.2. The number of sulfone groups is 1. The number of amides is 1. The van der Waals surface area contributed by atoms with Crippen molar-refractivity contribution in [2.24, 2.45) is 5.92 Å². The summed E-state index contributed by atoms with van der Waals surface area (Å²) < 4.78 is 79.6. The van der Waals surface area contributed by atoms with Crippen LogP contribution in [-0.2, 0) is 14.6 Å². The lowest BCUT2D eigenvalue weighted by Gasteiger charge is -2.40. The van der Waals surface area contributed by atoms with E-state index >= 15 is 0 Å². The molecule has 0 unspecified atom stereocenters. The minimum absolute atomic E-state index is 0.0723. The van der Waals surface area contributed by atoms with Gasteiger partial charge in [0.25, 0.3) is 0 Å². The molecule has 35 heavy (non-hydrogen) atoms. The Morgan fingerprint density at radius 1 is 1.34 bits per heavy atom. The Kier molecular flexibility index (Phi) is 7.49. The molecule has 1 aromatic heterocycles. The number of aromatic nitrogens is 1. The number of carbonyl (C=O) groups is 1. The van der Waals surface area contributed by atoms with E-state index in [0.29, 0.717) is 23.9 Å². The Balaban J connectivity index is 1.81. The fraction of sp³-hybridized carbons (Fsp3) is 0.591. The van der Waals surface area contributed by atoms with Gasteiger partial charge >= 0.3 is 6.18 Å². The van der Waals surface area contributed by atoms with Crippen LogP contribution in [0.5, 0.6) is 5.88 Å². The van der Waals surface area contributed by atoms with E-state index in [4.69, 9.17) is 5.41 Å². The molecule has 1 atom stereocenters. The summed E-state index contributed by atoms with van der Waals surface area (Å²) in [6, 6.07) is 0.886. The molecule has 194 valence electrons. The van der Waals surface area contributed by atoms with Gasteiger partial charge in [-0.3, -0.25) is 10.2 Å². The Hall–Kier alpha value is -2.70. The highest BCUT2D eigenvalue weighted by Crippen LogP contribution is 2.33. The molecule has 2 heterocycles. The average Bonchev–Trinajstić information content (AvgIpc) is 2.69. The summed E-state index contributed by atoms with van der Waals surface area (Å²) in [5.74, 6) is -2.37. The van der Waals surface area contributed by atoms with Crippen molar-refractivity contribution in [3.8, 4) is 5.88 Å². The van der Waals surface area contributed by atoms with Crippen molar-refractivity contribution >= 4 is 21.5 Å². The molecule has 1 saturated heterocycles. The molecule has 2 aliphatic rings. The quantitative estimate of drug-likeness (QED) is 0.358. The predicted molar refractivity (Wildman–Crippen MR) is 120 cm³/mol. The Labute approximate surface area is 201 Å². The van der Waals surface area contributed by atoms with Crippen LogP contribution >= 0.6 is 0 Å². The first kappa shape index (κ1) is 26.9. The van der Waals surface area contributed by atoms with E-state index in [2.05, 4.69) is 20.4 Å². The molecule has 1 aliphatic heterocycles. The van der Waals surface area contributed by atoms with Gasteiger partial charge in [0.15, 0.2) is 22.3 Å². The fourth-order valence-electron chi connectivity index (χ4n) is 4.34. The van der Waals surface area contributed by atoms with Crippen LogP contribution in [0.15, 0.2) is 23.5 Å². The molecule has 1 amide bonds. The van der Waals surface area contributed by atoms with Crippen molar-refractivity contribution < 1.29 is 35.5 Å². The van der Waals surface area contributed by atoms with Gasteiger partial charge in [0.05, 0.1) is 29.0 Å². The van der Waals surface area contributed by atoms with Gasteiger partial charge in [-0.1, -0.05) is 0 Å². The van der Waals surface area contributed by atoms with Crippen LogP contribution in [-0.4, -0.2) is 60.9 Å². The third kappa shape index (κ3) is 6.92. The molecule has 0 aromatic carbocycles. The van der Waals surface area contributed by atoms with Gasteiger partial charge in [0.2, 0.25) is 11.8 Å². The zero-order valence-electron chi connectivity index (χ0n) is 19.6. The number of pyridine rings is 1. The first-order valence-corrected chi connectivity index (χ1v) is 12.8. The van der Waals surface area contributed by atoms with E-state index in [9.17, 15) is 30.8 Å². The topological polar surface area (TPSA) is 121 Å². The summed E-state index contributed by atoms with van der Waals surface area (Å²) >= 11 is 0. The van der Waals surface area contributed by atoms with Crippen molar-refractivity contribution in [2.45, 2.75) is 57.8 Å². The van der Waals surface area contributed by atoms with Gasteiger partial charge in [-0.05, 0) is 45.6 Å². The molecular weight excluding hydrogens is 492 g/mol. The van der Waals surface area contributed by atoms with E-state index in [1.807, 2.05) is 13.8 Å². The summed E-state index contributed by atoms with van der Waals surface area (Å²) in [6.07, 6.45) is -3.10. The number of rotatable bonds is 8. The van der Waals surface area contributed by atoms with Crippen LogP contribution in [0, 0.1) is 17.1 Å². The Morgan fingerprint density at radius 2 is 2.00 bits per heavy atom. The normalized spacial score (nSPS) is 21.3. The zero-order valence-corrected chi connectivity index (χ0v) is 20.4. The Morgan fingerprint density at radius 3 is 2.57 bits per heavy atom. The second kappa shape index (κ2) is 9.75. The SMILES string of the molecule is CC(C)NC1=C(C(=N)c2cc(OCC(F)(F)F)ncc2F)CC[C@@H](C(=O)NC2(C)CS(=O)(=O)C2)C1. The number of alkyl halides is 3. The van der Waals surface area contributed by atoms with Crippen molar-refractivity contribution in [1.29, 1.82) is 5.41 Å². The molecule has 1 aromatic rings. The van der Waals surface area contributed by atoms with Crippen LogP contribution in [0.1, 0.15) is 45.6 Å². The third-order valence-electron chi connectivity index (χ3n) is 5.68. The van der Waals surface area contributed by atoms with E-state index in [1.165, 1.54) is 0 Å². The van der Waals surface area contributed by atoms with Crippen LogP contribution in [0.25, 0.3) is 0 Å². The van der Waals surface area contributed by atoms with E-state index < -0.39 is 45.8 Å². The number of nitrogens with one attached hydrogen (secondary N) is 3. The monoisotopic (exact) mass is 520 g/mol. The highest BCUT2D eigenvalue weighted by atomic mass is 32.2. The van der Waals surface area contributed by atoms with Crippen molar-refractivity contribution in [1.82, 2.24) is 15.6 Å². The molecular formula is C22H28F4N4O4S. The lowest BCUT2D eigenvalue weighted by molar-refractivity contribution is -0.154. The minimum atomic E-state index is -4.60. The molecule has 3 rings (SSSR count). The van der Waals surface area contributed by atoms with Gasteiger partial charge in [0.1, 0.15) is 0 Å². The van der Waals surface area contributed by atoms with E-state index in [1.54, 1.807) is 6.92 Å². The lowest BCUT2D eigenvalue weighted by atomic mass is 9.82. The largest absolute Gasteiger partial charge is 0.468 e. The number of hydrogen-bond donors (Lipinski definition) is 3. The summed E-state index contributed by atoms with van der Waals surface area (Å²) in [5, 5.41) is 14.6. The molecule has 13 heteroatoms. The smallest absolute Gasteiger partial charge is 0.422 e. The second-order valence-corrected chi connectivity index (χ2v) is 11.6.